The molecule has 2 rings (SSSR count). The van der Waals surface area contributed by atoms with Crippen molar-refractivity contribution in [3.63, 3.8) is 0 Å². The number of halogens is 1. The molecule has 1 atom stereocenters. The Morgan fingerprint density at radius 2 is 2.14 bits per heavy atom. The van der Waals surface area contributed by atoms with E-state index >= 15 is 0 Å². The number of hydrogen-bond donors (Lipinski definition) is 1. The van der Waals surface area contributed by atoms with Gasteiger partial charge in [-0.05, 0) is 24.5 Å². The molecule has 22 heavy (non-hydrogen) atoms. The van der Waals surface area contributed by atoms with Gasteiger partial charge in [-0.2, -0.15) is 0 Å². The van der Waals surface area contributed by atoms with Gasteiger partial charge in [-0.15, -0.1) is 0 Å². The van der Waals surface area contributed by atoms with Gasteiger partial charge in [0.2, 0.25) is 5.91 Å². The molecule has 120 valence electrons. The summed E-state index contributed by atoms with van der Waals surface area (Å²) in [5.74, 6) is -1.66. The van der Waals surface area contributed by atoms with Crippen LogP contribution in [0.5, 0.6) is 0 Å². The summed E-state index contributed by atoms with van der Waals surface area (Å²) in [6, 6.07) is 6.12. The Labute approximate surface area is 128 Å². The second-order valence-electron chi connectivity index (χ2n) is 5.39. The van der Waals surface area contributed by atoms with Gasteiger partial charge in [-0.1, -0.05) is 18.2 Å². The van der Waals surface area contributed by atoms with Gasteiger partial charge in [-0.25, -0.2) is 4.39 Å². The average molecular weight is 309 g/mol. The summed E-state index contributed by atoms with van der Waals surface area (Å²) in [6.45, 7) is 1.14. The fourth-order valence-electron chi connectivity index (χ4n) is 2.50. The molecule has 1 N–H and O–H groups in total. The third-order valence-electron chi connectivity index (χ3n) is 3.70. The molecule has 6 heteroatoms. The van der Waals surface area contributed by atoms with E-state index in [0.717, 1.165) is 12.8 Å². The Morgan fingerprint density at radius 3 is 2.77 bits per heavy atom. The Kier molecular flexibility index (Phi) is 5.89. The van der Waals surface area contributed by atoms with E-state index in [1.54, 1.807) is 18.2 Å². The van der Waals surface area contributed by atoms with Gasteiger partial charge < -0.3 is 14.7 Å². The summed E-state index contributed by atoms with van der Waals surface area (Å²) in [6.07, 6.45) is 1.54. The molecule has 1 fully saturated rings. The molecular weight excluding hydrogens is 289 g/mol. The van der Waals surface area contributed by atoms with Crippen LogP contribution in [0.4, 0.5) is 4.39 Å². The van der Waals surface area contributed by atoms with Crippen LogP contribution in [0.1, 0.15) is 24.8 Å². The number of hydrogen-bond acceptors (Lipinski definition) is 3. The summed E-state index contributed by atoms with van der Waals surface area (Å²) in [5, 5.41) is 8.81. The van der Waals surface area contributed by atoms with Gasteiger partial charge in [0, 0.05) is 19.7 Å². The first-order valence-electron chi connectivity index (χ1n) is 7.41. The number of amides is 1. The number of carboxylic acids is 1. The number of benzene rings is 1. The summed E-state index contributed by atoms with van der Waals surface area (Å²) in [4.78, 5) is 24.6. The predicted molar refractivity (Wildman–Crippen MR) is 77.9 cm³/mol. The Balaban J connectivity index is 2.00. The van der Waals surface area contributed by atoms with E-state index in [2.05, 4.69) is 0 Å². The molecule has 1 aromatic carbocycles. The highest BCUT2D eigenvalue weighted by Gasteiger charge is 2.23. The minimum absolute atomic E-state index is 0.0571. The molecule has 0 radical (unpaired) electrons. The first kappa shape index (κ1) is 16.4. The lowest BCUT2D eigenvalue weighted by molar-refractivity contribution is -0.139. The Bertz CT molecular complexity index is 529. The minimum atomic E-state index is -0.962. The molecule has 1 unspecified atom stereocenters. The summed E-state index contributed by atoms with van der Waals surface area (Å²) in [7, 11) is 0. The summed E-state index contributed by atoms with van der Waals surface area (Å²) in [5.41, 5.74) is 0.320. The Morgan fingerprint density at radius 1 is 1.36 bits per heavy atom. The van der Waals surface area contributed by atoms with Gasteiger partial charge in [0.15, 0.2) is 0 Å². The number of rotatable bonds is 7. The molecule has 1 saturated heterocycles. The lowest BCUT2D eigenvalue weighted by atomic mass is 10.1. The van der Waals surface area contributed by atoms with Gasteiger partial charge >= 0.3 is 5.97 Å². The van der Waals surface area contributed by atoms with Gasteiger partial charge in [0.05, 0.1) is 18.9 Å². The molecule has 0 saturated carbocycles. The zero-order valence-corrected chi connectivity index (χ0v) is 12.3. The van der Waals surface area contributed by atoms with E-state index in [1.165, 1.54) is 11.0 Å². The highest BCUT2D eigenvalue weighted by atomic mass is 19.1. The molecule has 1 aliphatic rings. The van der Waals surface area contributed by atoms with Crippen LogP contribution in [0, 0.1) is 5.82 Å². The molecule has 0 bridgehead atoms. The molecule has 1 aromatic rings. The third-order valence-corrected chi connectivity index (χ3v) is 3.70. The molecule has 1 aliphatic heterocycles. The van der Waals surface area contributed by atoms with Crippen LogP contribution in [0.15, 0.2) is 24.3 Å². The minimum Gasteiger partial charge on any atom is -0.481 e. The smallest absolute Gasteiger partial charge is 0.305 e. The lowest BCUT2D eigenvalue weighted by Crippen LogP contribution is -2.39. The molecule has 1 heterocycles. The zero-order valence-electron chi connectivity index (χ0n) is 12.3. The first-order valence-corrected chi connectivity index (χ1v) is 7.41. The third kappa shape index (κ3) is 4.80. The number of nitrogens with zero attached hydrogens (tertiary/aromatic N) is 1. The number of carboxylic acid groups (broad SMARTS) is 1. The second-order valence-corrected chi connectivity index (χ2v) is 5.39. The van der Waals surface area contributed by atoms with E-state index < -0.39 is 11.8 Å². The second kappa shape index (κ2) is 7.89. The van der Waals surface area contributed by atoms with Crippen molar-refractivity contribution in [2.45, 2.75) is 31.8 Å². The van der Waals surface area contributed by atoms with E-state index in [0.29, 0.717) is 18.7 Å². The van der Waals surface area contributed by atoms with Crippen molar-refractivity contribution in [2.24, 2.45) is 0 Å². The molecule has 0 aromatic heterocycles. The van der Waals surface area contributed by atoms with Crippen molar-refractivity contribution in [1.29, 1.82) is 0 Å². The van der Waals surface area contributed by atoms with Gasteiger partial charge in [-0.3, -0.25) is 9.59 Å². The maximum atomic E-state index is 13.6. The van der Waals surface area contributed by atoms with Gasteiger partial charge in [0.1, 0.15) is 5.82 Å². The molecule has 0 aliphatic carbocycles. The lowest BCUT2D eigenvalue weighted by Gasteiger charge is -2.25. The molecular formula is C16H20FNO4. The predicted octanol–water partition coefficient (Wildman–Crippen LogP) is 1.85. The van der Waals surface area contributed by atoms with Gasteiger partial charge in [0.25, 0.3) is 0 Å². The van der Waals surface area contributed by atoms with Crippen molar-refractivity contribution in [2.75, 3.05) is 19.7 Å². The van der Waals surface area contributed by atoms with Crippen LogP contribution < -0.4 is 0 Å². The van der Waals surface area contributed by atoms with Crippen LogP contribution >= 0.6 is 0 Å². The average Bonchev–Trinajstić information content (AvgIpc) is 2.98. The largest absolute Gasteiger partial charge is 0.481 e. The van der Waals surface area contributed by atoms with Crippen molar-refractivity contribution >= 4 is 11.9 Å². The van der Waals surface area contributed by atoms with Crippen LogP contribution in [0.3, 0.4) is 0 Å². The highest BCUT2D eigenvalue weighted by molar-refractivity contribution is 5.79. The first-order chi connectivity index (χ1) is 10.6. The Hall–Kier alpha value is -1.95. The van der Waals surface area contributed by atoms with Crippen molar-refractivity contribution in [1.82, 2.24) is 4.90 Å². The van der Waals surface area contributed by atoms with Crippen molar-refractivity contribution in [3.8, 4) is 0 Å². The molecule has 5 nitrogen and oxygen atoms in total. The number of ether oxygens (including phenoxy) is 1. The van der Waals surface area contributed by atoms with E-state index in [-0.39, 0.29) is 31.4 Å². The maximum Gasteiger partial charge on any atom is 0.305 e. The normalized spacial score (nSPS) is 17.4. The number of carbonyl (C=O) groups excluding carboxylic acids is 1. The topological polar surface area (TPSA) is 66.8 Å². The van der Waals surface area contributed by atoms with Crippen LogP contribution in [0.25, 0.3) is 0 Å². The quantitative estimate of drug-likeness (QED) is 0.835. The van der Waals surface area contributed by atoms with Crippen LogP contribution in [0.2, 0.25) is 0 Å². The van der Waals surface area contributed by atoms with Crippen molar-refractivity contribution in [3.05, 3.63) is 35.6 Å². The number of aliphatic carboxylic acids is 1. The van der Waals surface area contributed by atoms with Crippen LogP contribution in [-0.2, 0) is 20.7 Å². The SMILES string of the molecule is O=C(O)CCN(CC1CCCO1)C(=O)Cc1ccccc1F. The monoisotopic (exact) mass is 309 g/mol. The highest BCUT2D eigenvalue weighted by Crippen LogP contribution is 2.15. The standard InChI is InChI=1S/C16H20FNO4/c17-14-6-2-1-4-12(14)10-15(19)18(8-7-16(20)21)11-13-5-3-9-22-13/h1-2,4,6,13H,3,5,7-11H2,(H,20,21). The van der Waals surface area contributed by atoms with Crippen molar-refractivity contribution < 1.29 is 23.8 Å². The maximum absolute atomic E-state index is 13.6. The molecule has 1 amide bonds. The van der Waals surface area contributed by atoms with Crippen LogP contribution in [-0.4, -0.2) is 47.7 Å². The fourth-order valence-corrected chi connectivity index (χ4v) is 2.50. The fraction of sp³-hybridized carbons (Fsp3) is 0.500. The van der Waals surface area contributed by atoms with E-state index in [9.17, 15) is 14.0 Å². The summed E-state index contributed by atoms with van der Waals surface area (Å²) < 4.78 is 19.1. The van der Waals surface area contributed by atoms with E-state index in [1.807, 2.05) is 0 Å². The zero-order chi connectivity index (χ0) is 15.9. The number of carbonyl (C=O) groups is 2. The summed E-state index contributed by atoms with van der Waals surface area (Å²) >= 11 is 0. The van der Waals surface area contributed by atoms with E-state index in [4.69, 9.17) is 9.84 Å². The molecule has 0 spiro atoms.